The fourth-order valence-electron chi connectivity index (χ4n) is 1.60. The van der Waals surface area contributed by atoms with Crippen LogP contribution in [0.15, 0.2) is 35.0 Å². The Labute approximate surface area is 116 Å². The van der Waals surface area contributed by atoms with Gasteiger partial charge in [-0.3, -0.25) is 4.79 Å². The van der Waals surface area contributed by atoms with Gasteiger partial charge in [0.25, 0.3) is 5.91 Å². The van der Waals surface area contributed by atoms with E-state index in [0.29, 0.717) is 18.7 Å². The second kappa shape index (κ2) is 6.36. The topological polar surface area (TPSA) is 64.3 Å². The first-order chi connectivity index (χ1) is 9.20. The van der Waals surface area contributed by atoms with E-state index in [1.165, 1.54) is 11.3 Å². The molecule has 3 N–H and O–H groups in total. The molecule has 2 aromatic rings. The number of rotatable bonds is 5. The number of aryl methyl sites for hydroxylation is 1. The normalized spacial score (nSPS) is 10.2. The molecule has 1 heterocycles. The van der Waals surface area contributed by atoms with Gasteiger partial charge in [0.15, 0.2) is 0 Å². The molecule has 0 bridgehead atoms. The van der Waals surface area contributed by atoms with Gasteiger partial charge in [-0.2, -0.15) is 11.3 Å². The number of nitrogens with one attached hydrogen (secondary N) is 1. The summed E-state index contributed by atoms with van der Waals surface area (Å²) in [7, 11) is 0. The van der Waals surface area contributed by atoms with E-state index in [1.807, 2.05) is 41.9 Å². The van der Waals surface area contributed by atoms with Crippen molar-refractivity contribution in [3.05, 3.63) is 46.2 Å². The number of benzene rings is 1. The average Bonchev–Trinajstić information content (AvgIpc) is 2.84. The third-order valence-corrected chi connectivity index (χ3v) is 3.46. The number of amides is 1. The van der Waals surface area contributed by atoms with Gasteiger partial charge in [-0.1, -0.05) is 0 Å². The number of carbonyl (C=O) groups is 1. The highest BCUT2D eigenvalue weighted by atomic mass is 32.1. The van der Waals surface area contributed by atoms with Crippen LogP contribution in [0.1, 0.15) is 15.9 Å². The molecule has 0 atom stereocenters. The van der Waals surface area contributed by atoms with Gasteiger partial charge in [-0.05, 0) is 42.1 Å². The van der Waals surface area contributed by atoms with Crippen molar-refractivity contribution >= 4 is 22.9 Å². The summed E-state index contributed by atoms with van der Waals surface area (Å²) in [6, 6.07) is 7.24. The van der Waals surface area contributed by atoms with E-state index < -0.39 is 0 Å². The Morgan fingerprint density at radius 3 is 2.63 bits per heavy atom. The predicted molar refractivity (Wildman–Crippen MR) is 78.0 cm³/mol. The lowest BCUT2D eigenvalue weighted by Crippen LogP contribution is -2.12. The second-order valence-corrected chi connectivity index (χ2v) is 4.83. The third kappa shape index (κ3) is 3.56. The molecule has 5 heteroatoms. The largest absolute Gasteiger partial charge is 0.492 e. The van der Waals surface area contributed by atoms with Crippen molar-refractivity contribution in [3.8, 4) is 5.75 Å². The van der Waals surface area contributed by atoms with Crippen molar-refractivity contribution in [1.29, 1.82) is 0 Å². The maximum atomic E-state index is 12.0. The molecule has 0 saturated heterocycles. The summed E-state index contributed by atoms with van der Waals surface area (Å²) < 4.78 is 5.37. The molecule has 0 unspecified atom stereocenters. The minimum Gasteiger partial charge on any atom is -0.492 e. The van der Waals surface area contributed by atoms with E-state index in [-0.39, 0.29) is 5.91 Å². The number of nitrogens with two attached hydrogens (primary N) is 1. The van der Waals surface area contributed by atoms with Crippen LogP contribution in [0.2, 0.25) is 0 Å². The summed E-state index contributed by atoms with van der Waals surface area (Å²) in [5.41, 5.74) is 7.81. The van der Waals surface area contributed by atoms with Crippen LogP contribution in [0.4, 0.5) is 5.69 Å². The molecule has 1 aromatic heterocycles. The molecule has 2 rings (SSSR count). The minimum atomic E-state index is -0.0885. The fourth-order valence-corrected chi connectivity index (χ4v) is 2.43. The molecule has 0 aliphatic rings. The van der Waals surface area contributed by atoms with Gasteiger partial charge in [-0.15, -0.1) is 0 Å². The predicted octanol–water partition coefficient (Wildman–Crippen LogP) is 2.65. The maximum absolute atomic E-state index is 12.0. The first kappa shape index (κ1) is 13.6. The van der Waals surface area contributed by atoms with E-state index >= 15 is 0 Å². The molecule has 0 radical (unpaired) electrons. The summed E-state index contributed by atoms with van der Waals surface area (Å²) in [4.78, 5) is 12.0. The number of hydrogen-bond donors (Lipinski definition) is 2. The van der Waals surface area contributed by atoms with Crippen LogP contribution >= 0.6 is 11.3 Å². The third-order valence-electron chi connectivity index (χ3n) is 2.60. The summed E-state index contributed by atoms with van der Waals surface area (Å²) in [6.45, 7) is 2.89. The first-order valence-corrected chi connectivity index (χ1v) is 6.92. The van der Waals surface area contributed by atoms with Crippen LogP contribution in [0.5, 0.6) is 5.75 Å². The van der Waals surface area contributed by atoms with Gasteiger partial charge in [0.2, 0.25) is 0 Å². The zero-order chi connectivity index (χ0) is 13.7. The van der Waals surface area contributed by atoms with Crippen molar-refractivity contribution in [1.82, 2.24) is 0 Å². The molecule has 19 heavy (non-hydrogen) atoms. The van der Waals surface area contributed by atoms with Crippen molar-refractivity contribution < 1.29 is 9.53 Å². The van der Waals surface area contributed by atoms with E-state index in [9.17, 15) is 4.79 Å². The van der Waals surface area contributed by atoms with Crippen molar-refractivity contribution in [2.75, 3.05) is 18.5 Å². The number of thiophene rings is 1. The number of ether oxygens (including phenoxy) is 1. The van der Waals surface area contributed by atoms with Crippen molar-refractivity contribution in [2.45, 2.75) is 6.92 Å². The van der Waals surface area contributed by atoms with Gasteiger partial charge in [0, 0.05) is 17.6 Å². The average molecular weight is 276 g/mol. The van der Waals surface area contributed by atoms with Gasteiger partial charge >= 0.3 is 0 Å². The number of hydrogen-bond acceptors (Lipinski definition) is 4. The molecule has 0 aliphatic carbocycles. The highest BCUT2D eigenvalue weighted by Gasteiger charge is 2.09. The highest BCUT2D eigenvalue weighted by Crippen LogP contribution is 2.18. The van der Waals surface area contributed by atoms with Gasteiger partial charge in [0.1, 0.15) is 12.4 Å². The van der Waals surface area contributed by atoms with Crippen LogP contribution in [-0.2, 0) is 0 Å². The van der Waals surface area contributed by atoms with E-state index in [2.05, 4.69) is 5.32 Å². The molecule has 1 aromatic carbocycles. The Morgan fingerprint density at radius 1 is 1.32 bits per heavy atom. The Morgan fingerprint density at radius 2 is 2.05 bits per heavy atom. The van der Waals surface area contributed by atoms with Gasteiger partial charge in [0.05, 0.1) is 5.56 Å². The fraction of sp³-hybridized carbons (Fsp3) is 0.214. The number of anilines is 1. The molecule has 0 aliphatic heterocycles. The summed E-state index contributed by atoms with van der Waals surface area (Å²) >= 11 is 1.52. The van der Waals surface area contributed by atoms with E-state index in [4.69, 9.17) is 10.5 Å². The van der Waals surface area contributed by atoms with Crippen LogP contribution in [0.3, 0.4) is 0 Å². The van der Waals surface area contributed by atoms with Gasteiger partial charge < -0.3 is 15.8 Å². The zero-order valence-corrected chi connectivity index (χ0v) is 11.5. The lowest BCUT2D eigenvalue weighted by molar-refractivity contribution is 0.102. The molecule has 0 spiro atoms. The van der Waals surface area contributed by atoms with Crippen LogP contribution < -0.4 is 15.8 Å². The van der Waals surface area contributed by atoms with E-state index in [1.54, 1.807) is 0 Å². The monoisotopic (exact) mass is 276 g/mol. The standard InChI is InChI=1S/C14H16N2O2S/c1-10-8-19-9-13(10)14(17)16-11-2-4-12(5-3-11)18-7-6-15/h2-5,8-9H,6-7,15H2,1H3,(H,16,17). The second-order valence-electron chi connectivity index (χ2n) is 4.08. The molecule has 100 valence electrons. The maximum Gasteiger partial charge on any atom is 0.256 e. The van der Waals surface area contributed by atoms with Gasteiger partial charge in [-0.25, -0.2) is 0 Å². The molecule has 1 amide bonds. The molecule has 4 nitrogen and oxygen atoms in total. The lowest BCUT2D eigenvalue weighted by Gasteiger charge is -2.07. The summed E-state index contributed by atoms with van der Waals surface area (Å²) in [6.07, 6.45) is 0. The molecule has 0 saturated carbocycles. The Kier molecular flexibility index (Phi) is 4.54. The quantitative estimate of drug-likeness (QED) is 0.882. The summed E-state index contributed by atoms with van der Waals surface area (Å²) in [5, 5.41) is 6.66. The Hall–Kier alpha value is -1.85. The molecular formula is C14H16N2O2S. The highest BCUT2D eigenvalue weighted by molar-refractivity contribution is 7.08. The number of carbonyl (C=O) groups excluding carboxylic acids is 1. The van der Waals surface area contributed by atoms with Crippen LogP contribution in [-0.4, -0.2) is 19.1 Å². The Balaban J connectivity index is 2.00. The smallest absolute Gasteiger partial charge is 0.256 e. The molecule has 0 fully saturated rings. The van der Waals surface area contributed by atoms with E-state index in [0.717, 1.165) is 17.0 Å². The van der Waals surface area contributed by atoms with Crippen LogP contribution in [0, 0.1) is 6.92 Å². The first-order valence-electron chi connectivity index (χ1n) is 5.98. The summed E-state index contributed by atoms with van der Waals surface area (Å²) in [5.74, 6) is 0.657. The van der Waals surface area contributed by atoms with Crippen LogP contribution in [0.25, 0.3) is 0 Å². The Bertz CT molecular complexity index is 549. The lowest BCUT2D eigenvalue weighted by atomic mass is 10.2. The zero-order valence-electron chi connectivity index (χ0n) is 10.7. The SMILES string of the molecule is Cc1cscc1C(=O)Nc1ccc(OCCN)cc1. The molecular weight excluding hydrogens is 260 g/mol. The minimum absolute atomic E-state index is 0.0885. The van der Waals surface area contributed by atoms with Crippen molar-refractivity contribution in [2.24, 2.45) is 5.73 Å². The van der Waals surface area contributed by atoms with Crippen molar-refractivity contribution in [3.63, 3.8) is 0 Å².